The van der Waals surface area contributed by atoms with Crippen LogP contribution in [-0.4, -0.2) is 41.8 Å². The van der Waals surface area contributed by atoms with Gasteiger partial charge in [-0.15, -0.1) is 0 Å². The van der Waals surface area contributed by atoms with E-state index in [2.05, 4.69) is 0 Å². The molecule has 0 spiro atoms. The lowest BCUT2D eigenvalue weighted by molar-refractivity contribution is -0.166. The lowest BCUT2D eigenvalue weighted by atomic mass is 10.1. The van der Waals surface area contributed by atoms with Crippen LogP contribution in [0.4, 0.5) is 0 Å². The number of rotatable bonds is 1. The highest BCUT2D eigenvalue weighted by Gasteiger charge is 2.45. The normalized spacial score (nSPS) is 41.4. The zero-order valence-electron chi connectivity index (χ0n) is 8.23. The number of aliphatic hydroxyl groups excluding tert-OH is 1. The standard InChI is InChI=1S/C9H14O5/c1-9(2)12-4-6(14-9)8-5(10)3-7(11)13-8/h5-6,8,10H,3-4H2,1-2H3/t5-,6-,8+/m0/s1. The fourth-order valence-electron chi connectivity index (χ4n) is 1.77. The highest BCUT2D eigenvalue weighted by Crippen LogP contribution is 2.29. The van der Waals surface area contributed by atoms with Gasteiger partial charge in [-0.05, 0) is 13.8 Å². The van der Waals surface area contributed by atoms with Gasteiger partial charge in [-0.25, -0.2) is 0 Å². The Morgan fingerprint density at radius 3 is 2.64 bits per heavy atom. The third kappa shape index (κ3) is 1.75. The summed E-state index contributed by atoms with van der Waals surface area (Å²) in [5, 5.41) is 9.51. The summed E-state index contributed by atoms with van der Waals surface area (Å²) in [6, 6.07) is 0. The number of aliphatic hydroxyl groups is 1. The second-order valence-corrected chi connectivity index (χ2v) is 4.09. The molecule has 1 N–H and O–H groups in total. The molecule has 0 saturated carbocycles. The second-order valence-electron chi connectivity index (χ2n) is 4.09. The van der Waals surface area contributed by atoms with E-state index in [0.717, 1.165) is 0 Å². The minimum absolute atomic E-state index is 0.0466. The van der Waals surface area contributed by atoms with Crippen molar-refractivity contribution in [3.8, 4) is 0 Å². The van der Waals surface area contributed by atoms with Gasteiger partial charge in [0.05, 0.1) is 13.0 Å². The van der Waals surface area contributed by atoms with E-state index in [0.29, 0.717) is 6.61 Å². The van der Waals surface area contributed by atoms with Gasteiger partial charge < -0.3 is 19.3 Å². The first-order chi connectivity index (χ1) is 6.48. The third-order valence-corrected chi connectivity index (χ3v) is 2.42. The molecule has 0 radical (unpaired) electrons. The number of hydrogen-bond donors (Lipinski definition) is 1. The Balaban J connectivity index is 2.00. The van der Waals surface area contributed by atoms with Crippen molar-refractivity contribution in [2.24, 2.45) is 0 Å². The maximum absolute atomic E-state index is 10.9. The summed E-state index contributed by atoms with van der Waals surface area (Å²) in [6.07, 6.45) is -1.66. The molecule has 80 valence electrons. The number of cyclic esters (lactones) is 1. The summed E-state index contributed by atoms with van der Waals surface area (Å²) in [7, 11) is 0. The van der Waals surface area contributed by atoms with Gasteiger partial charge in [0.15, 0.2) is 11.9 Å². The van der Waals surface area contributed by atoms with Crippen molar-refractivity contribution < 1.29 is 24.1 Å². The van der Waals surface area contributed by atoms with E-state index in [-0.39, 0.29) is 18.5 Å². The van der Waals surface area contributed by atoms with Crippen LogP contribution in [0.1, 0.15) is 20.3 Å². The number of ether oxygens (including phenoxy) is 3. The largest absolute Gasteiger partial charge is 0.457 e. The summed E-state index contributed by atoms with van der Waals surface area (Å²) in [4.78, 5) is 10.9. The van der Waals surface area contributed by atoms with Crippen molar-refractivity contribution in [1.82, 2.24) is 0 Å². The molecular formula is C9H14O5. The van der Waals surface area contributed by atoms with Crippen LogP contribution in [0, 0.1) is 0 Å². The molecule has 0 bridgehead atoms. The molecule has 5 nitrogen and oxygen atoms in total. The summed E-state index contributed by atoms with van der Waals surface area (Å²) >= 11 is 0. The molecule has 5 heteroatoms. The Morgan fingerprint density at radius 1 is 1.50 bits per heavy atom. The van der Waals surface area contributed by atoms with Crippen LogP contribution >= 0.6 is 0 Å². The average Bonchev–Trinajstić information content (AvgIpc) is 2.55. The Hall–Kier alpha value is -0.650. The van der Waals surface area contributed by atoms with E-state index in [1.807, 2.05) is 0 Å². The maximum atomic E-state index is 10.9. The van der Waals surface area contributed by atoms with Crippen LogP contribution in [0.5, 0.6) is 0 Å². The van der Waals surface area contributed by atoms with Gasteiger partial charge in [-0.2, -0.15) is 0 Å². The topological polar surface area (TPSA) is 65.0 Å². The van der Waals surface area contributed by atoms with E-state index in [4.69, 9.17) is 14.2 Å². The second kappa shape index (κ2) is 3.18. The number of carbonyl (C=O) groups excluding carboxylic acids is 1. The van der Waals surface area contributed by atoms with Gasteiger partial charge in [-0.3, -0.25) is 4.79 Å². The summed E-state index contributed by atoms with van der Waals surface area (Å²) in [5.41, 5.74) is 0. The van der Waals surface area contributed by atoms with E-state index < -0.39 is 18.0 Å². The van der Waals surface area contributed by atoms with Gasteiger partial charge in [0, 0.05) is 0 Å². The van der Waals surface area contributed by atoms with E-state index in [1.165, 1.54) is 0 Å². The molecule has 2 aliphatic heterocycles. The molecular weight excluding hydrogens is 188 g/mol. The molecule has 0 unspecified atom stereocenters. The quantitative estimate of drug-likeness (QED) is 0.597. The van der Waals surface area contributed by atoms with Crippen LogP contribution in [0.25, 0.3) is 0 Å². The van der Waals surface area contributed by atoms with Crippen molar-refractivity contribution >= 4 is 5.97 Å². The zero-order valence-corrected chi connectivity index (χ0v) is 8.23. The fraction of sp³-hybridized carbons (Fsp3) is 0.889. The van der Waals surface area contributed by atoms with Crippen LogP contribution in [0.3, 0.4) is 0 Å². The minimum Gasteiger partial charge on any atom is -0.457 e. The molecule has 0 amide bonds. The fourth-order valence-corrected chi connectivity index (χ4v) is 1.77. The van der Waals surface area contributed by atoms with Gasteiger partial charge in [0.1, 0.15) is 12.2 Å². The first-order valence-electron chi connectivity index (χ1n) is 4.67. The maximum Gasteiger partial charge on any atom is 0.309 e. The lowest BCUT2D eigenvalue weighted by Gasteiger charge is -2.21. The minimum atomic E-state index is -0.773. The SMILES string of the molecule is CC1(C)OC[C@@H]([C@@H]2OC(=O)C[C@@H]2O)O1. The molecule has 0 aromatic carbocycles. The molecule has 2 rings (SSSR count). The predicted molar refractivity (Wildman–Crippen MR) is 45.4 cm³/mol. The van der Waals surface area contributed by atoms with Crippen molar-refractivity contribution in [2.75, 3.05) is 6.61 Å². The molecule has 2 saturated heterocycles. The monoisotopic (exact) mass is 202 g/mol. The van der Waals surface area contributed by atoms with Crippen molar-refractivity contribution in [3.63, 3.8) is 0 Å². The highest BCUT2D eigenvalue weighted by atomic mass is 16.8. The van der Waals surface area contributed by atoms with Crippen molar-refractivity contribution in [2.45, 2.75) is 44.4 Å². The van der Waals surface area contributed by atoms with E-state index in [1.54, 1.807) is 13.8 Å². The Morgan fingerprint density at radius 2 is 2.21 bits per heavy atom. The van der Waals surface area contributed by atoms with Crippen molar-refractivity contribution in [3.05, 3.63) is 0 Å². The molecule has 2 heterocycles. The number of hydrogen-bond acceptors (Lipinski definition) is 5. The van der Waals surface area contributed by atoms with Crippen LogP contribution in [-0.2, 0) is 19.0 Å². The lowest BCUT2D eigenvalue weighted by Crippen LogP contribution is -2.37. The Kier molecular flexibility index (Phi) is 2.25. The van der Waals surface area contributed by atoms with Gasteiger partial charge in [-0.1, -0.05) is 0 Å². The molecule has 14 heavy (non-hydrogen) atoms. The first kappa shape index (κ1) is 9.89. The summed E-state index contributed by atoms with van der Waals surface area (Å²) in [6.45, 7) is 3.92. The molecule has 0 aromatic rings. The van der Waals surface area contributed by atoms with Gasteiger partial charge in [0.2, 0.25) is 0 Å². The summed E-state index contributed by atoms with van der Waals surface area (Å²) < 4.78 is 15.8. The van der Waals surface area contributed by atoms with Crippen LogP contribution in [0.2, 0.25) is 0 Å². The average molecular weight is 202 g/mol. The summed E-state index contributed by atoms with van der Waals surface area (Å²) in [5.74, 6) is -1.03. The smallest absolute Gasteiger partial charge is 0.309 e. The molecule has 0 aliphatic carbocycles. The van der Waals surface area contributed by atoms with Crippen molar-refractivity contribution in [1.29, 1.82) is 0 Å². The molecule has 2 aliphatic rings. The zero-order chi connectivity index (χ0) is 10.3. The third-order valence-electron chi connectivity index (χ3n) is 2.42. The molecule has 3 atom stereocenters. The first-order valence-corrected chi connectivity index (χ1v) is 4.67. The van der Waals surface area contributed by atoms with E-state index in [9.17, 15) is 9.90 Å². The predicted octanol–water partition coefficient (Wildman–Crippen LogP) is -0.186. The van der Waals surface area contributed by atoms with Crippen LogP contribution in [0.15, 0.2) is 0 Å². The van der Waals surface area contributed by atoms with Gasteiger partial charge >= 0.3 is 5.97 Å². The van der Waals surface area contributed by atoms with Crippen LogP contribution < -0.4 is 0 Å². The number of esters is 1. The van der Waals surface area contributed by atoms with Gasteiger partial charge in [0.25, 0.3) is 0 Å². The Bertz CT molecular complexity index is 250. The van der Waals surface area contributed by atoms with E-state index >= 15 is 0 Å². The molecule has 0 aromatic heterocycles. The Labute approximate surface area is 81.9 Å². The highest BCUT2D eigenvalue weighted by molar-refractivity contribution is 5.72. The number of carbonyl (C=O) groups is 1. The molecule has 2 fully saturated rings.